The molecule has 4 rings (SSSR count). The third kappa shape index (κ3) is 4.40. The average molecular weight is 429 g/mol. The van der Waals surface area contributed by atoms with Gasteiger partial charge in [0.15, 0.2) is 10.8 Å². The molecule has 1 amide bonds. The first-order valence-electron chi connectivity index (χ1n) is 10.1. The van der Waals surface area contributed by atoms with Crippen LogP contribution < -0.4 is 10.2 Å². The fourth-order valence-electron chi connectivity index (χ4n) is 3.97. The number of aliphatic carboxylic acids is 1. The molecule has 8 nitrogen and oxygen atoms in total. The first-order valence-corrected chi connectivity index (χ1v) is 10.1. The number of benzene rings is 3. The van der Waals surface area contributed by atoms with Gasteiger partial charge in [0.25, 0.3) is 0 Å². The van der Waals surface area contributed by atoms with Gasteiger partial charge in [-0.1, -0.05) is 60.7 Å². The lowest BCUT2D eigenvalue weighted by atomic mass is 9.98. The van der Waals surface area contributed by atoms with Gasteiger partial charge < -0.3 is 15.2 Å². The summed E-state index contributed by atoms with van der Waals surface area (Å²) < 4.78 is 5.45. The second kappa shape index (κ2) is 9.24. The van der Waals surface area contributed by atoms with Crippen LogP contribution in [0.1, 0.15) is 22.6 Å². The number of hydrogen-bond acceptors (Lipinski definition) is 5. The van der Waals surface area contributed by atoms with Crippen molar-refractivity contribution in [1.29, 1.82) is 5.53 Å². The van der Waals surface area contributed by atoms with Crippen LogP contribution in [0.2, 0.25) is 0 Å². The Kier molecular flexibility index (Phi) is 6.05. The summed E-state index contributed by atoms with van der Waals surface area (Å²) in [6.45, 7) is 0.110. The molecule has 3 aromatic rings. The highest BCUT2D eigenvalue weighted by Gasteiger charge is 2.29. The number of carbonyl (C=O) groups excluding carboxylic acids is 1. The molecule has 0 bridgehead atoms. The third-order valence-corrected chi connectivity index (χ3v) is 5.48. The van der Waals surface area contributed by atoms with Crippen LogP contribution in [-0.4, -0.2) is 29.8 Å². The predicted molar refractivity (Wildman–Crippen MR) is 117 cm³/mol. The second-order valence-electron chi connectivity index (χ2n) is 7.43. The Morgan fingerprint density at radius 1 is 1.00 bits per heavy atom. The molecular weight excluding hydrogens is 408 g/mol. The van der Waals surface area contributed by atoms with Crippen molar-refractivity contribution >= 4 is 17.7 Å². The normalized spacial score (nSPS) is 12.8. The molecule has 0 heterocycles. The molecule has 0 spiro atoms. The van der Waals surface area contributed by atoms with Gasteiger partial charge >= 0.3 is 12.1 Å². The first kappa shape index (κ1) is 21.0. The van der Waals surface area contributed by atoms with Crippen molar-refractivity contribution in [2.45, 2.75) is 18.4 Å². The first-order chi connectivity index (χ1) is 15.6. The summed E-state index contributed by atoms with van der Waals surface area (Å²) >= 11 is 0. The Morgan fingerprint density at radius 3 is 2.16 bits per heavy atom. The van der Waals surface area contributed by atoms with Crippen molar-refractivity contribution in [2.24, 2.45) is 5.11 Å². The lowest BCUT2D eigenvalue weighted by Gasteiger charge is -2.17. The standard InChI is InChI=1S/C24H20N4O4/c25-28-27-16-11-9-15(10-12-16)13-22(23(29)30)26-24(31)32-14-21-19-7-3-1-5-17(19)18-6-2-4-8-20(18)21/h1-12,21-22,25H,13-14H2,(H-,26,29,30,31)/p+1/t22-/m0/s1. The maximum absolute atomic E-state index is 12.4. The summed E-state index contributed by atoms with van der Waals surface area (Å²) in [5.41, 5.74) is 12.3. The molecule has 1 aliphatic carbocycles. The monoisotopic (exact) mass is 429 g/mol. The van der Waals surface area contributed by atoms with Gasteiger partial charge in [-0.05, 0) is 39.9 Å². The second-order valence-corrected chi connectivity index (χ2v) is 7.43. The van der Waals surface area contributed by atoms with Gasteiger partial charge in [-0.25, -0.2) is 9.59 Å². The van der Waals surface area contributed by atoms with Gasteiger partial charge in [-0.3, -0.25) is 0 Å². The summed E-state index contributed by atoms with van der Waals surface area (Å²) in [4.78, 5) is 27.0. The SMILES string of the molecule is N=[N+]=Nc1ccc(C[C@H](NC(=O)OCC2c3ccccc3-c3ccccc32)C(=O)O)cc1. The summed E-state index contributed by atoms with van der Waals surface area (Å²) in [6, 6.07) is 21.5. The van der Waals surface area contributed by atoms with Crippen molar-refractivity contribution in [1.82, 2.24) is 10.2 Å². The minimum atomic E-state index is -1.16. The Hall–Kier alpha value is -4.29. The number of carboxylic acids is 1. The van der Waals surface area contributed by atoms with Crippen LogP contribution in [0.3, 0.4) is 0 Å². The molecule has 3 aromatic carbocycles. The van der Waals surface area contributed by atoms with Gasteiger partial charge in [-0.2, -0.15) is 0 Å². The quantitative estimate of drug-likeness (QED) is 0.380. The fraction of sp³-hybridized carbons (Fsp3) is 0.167. The van der Waals surface area contributed by atoms with E-state index in [1.54, 1.807) is 24.3 Å². The van der Waals surface area contributed by atoms with Crippen LogP contribution in [0.4, 0.5) is 10.5 Å². The van der Waals surface area contributed by atoms with Crippen molar-refractivity contribution in [2.75, 3.05) is 6.61 Å². The van der Waals surface area contributed by atoms with Crippen LogP contribution in [0.5, 0.6) is 0 Å². The zero-order chi connectivity index (χ0) is 22.5. The van der Waals surface area contributed by atoms with Crippen molar-refractivity contribution in [3.8, 4) is 11.1 Å². The van der Waals surface area contributed by atoms with E-state index in [0.29, 0.717) is 11.3 Å². The number of rotatable bonds is 7. The molecule has 0 unspecified atom stereocenters. The van der Waals surface area contributed by atoms with E-state index in [2.05, 4.69) is 15.3 Å². The molecule has 0 aromatic heterocycles. The average Bonchev–Trinajstić information content (AvgIpc) is 3.12. The number of nitrogens with zero attached hydrogens (tertiary/aromatic N) is 2. The highest BCUT2D eigenvalue weighted by molar-refractivity contribution is 5.81. The maximum Gasteiger partial charge on any atom is 0.407 e. The van der Waals surface area contributed by atoms with Gasteiger partial charge in [-0.15, -0.1) is 0 Å². The van der Waals surface area contributed by atoms with Crippen molar-refractivity contribution in [3.63, 3.8) is 0 Å². The lowest BCUT2D eigenvalue weighted by Crippen LogP contribution is -2.42. The highest BCUT2D eigenvalue weighted by Crippen LogP contribution is 2.44. The molecule has 0 fully saturated rings. The largest absolute Gasteiger partial charge is 0.480 e. The van der Waals surface area contributed by atoms with Crippen LogP contribution in [0.25, 0.3) is 11.1 Å². The number of alkyl carbamates (subject to hydrolysis) is 1. The molecule has 0 saturated carbocycles. The number of ether oxygens (including phenoxy) is 1. The molecule has 1 atom stereocenters. The molecule has 8 heteroatoms. The van der Waals surface area contributed by atoms with E-state index in [1.807, 2.05) is 48.5 Å². The van der Waals surface area contributed by atoms with Crippen LogP contribution in [-0.2, 0) is 16.0 Å². The zero-order valence-corrected chi connectivity index (χ0v) is 17.1. The smallest absolute Gasteiger partial charge is 0.407 e. The Balaban J connectivity index is 1.41. The molecular formula is C24H21N4O4+. The Morgan fingerprint density at radius 2 is 1.59 bits per heavy atom. The van der Waals surface area contributed by atoms with E-state index in [1.165, 1.54) is 0 Å². The Bertz CT molecular complexity index is 1160. The van der Waals surface area contributed by atoms with E-state index in [0.717, 1.165) is 22.3 Å². The Labute approximate surface area is 184 Å². The number of hydrogen-bond donors (Lipinski definition) is 3. The van der Waals surface area contributed by atoms with Crippen LogP contribution in [0, 0.1) is 5.53 Å². The maximum atomic E-state index is 12.4. The third-order valence-electron chi connectivity index (χ3n) is 5.48. The number of carbonyl (C=O) groups is 2. The van der Waals surface area contributed by atoms with E-state index in [4.69, 9.17) is 10.3 Å². The minimum Gasteiger partial charge on any atom is -0.480 e. The number of carboxylic acid groups (broad SMARTS) is 1. The van der Waals surface area contributed by atoms with Crippen molar-refractivity contribution < 1.29 is 19.4 Å². The molecule has 1 aliphatic rings. The van der Waals surface area contributed by atoms with Gasteiger partial charge in [0.2, 0.25) is 4.91 Å². The molecule has 0 radical (unpaired) electrons. The molecule has 160 valence electrons. The van der Waals surface area contributed by atoms with Crippen molar-refractivity contribution in [3.05, 3.63) is 89.5 Å². The molecule has 0 aliphatic heterocycles. The minimum absolute atomic E-state index is 0.0812. The number of amides is 1. The van der Waals surface area contributed by atoms with Crippen LogP contribution in [0.15, 0.2) is 77.9 Å². The van der Waals surface area contributed by atoms with Gasteiger partial charge in [0.05, 0.1) is 0 Å². The van der Waals surface area contributed by atoms with Crippen LogP contribution >= 0.6 is 0 Å². The molecule has 3 N–H and O–H groups in total. The van der Waals surface area contributed by atoms with E-state index in [9.17, 15) is 14.7 Å². The van der Waals surface area contributed by atoms with E-state index in [-0.39, 0.29) is 18.9 Å². The summed E-state index contributed by atoms with van der Waals surface area (Å²) in [5, 5.41) is 15.6. The lowest BCUT2D eigenvalue weighted by molar-refractivity contribution is -0.139. The predicted octanol–water partition coefficient (Wildman–Crippen LogP) is 4.40. The molecule has 0 saturated heterocycles. The van der Waals surface area contributed by atoms with Gasteiger partial charge in [0.1, 0.15) is 18.2 Å². The number of nitrogens with one attached hydrogen (secondary N) is 2. The summed E-state index contributed by atoms with van der Waals surface area (Å²) in [7, 11) is 0. The van der Waals surface area contributed by atoms with E-state index < -0.39 is 18.1 Å². The topological polar surface area (TPSA) is 126 Å². The summed E-state index contributed by atoms with van der Waals surface area (Å²) in [6.07, 6.45) is -0.698. The molecule has 32 heavy (non-hydrogen) atoms. The highest BCUT2D eigenvalue weighted by atomic mass is 16.5. The zero-order valence-electron chi connectivity index (χ0n) is 17.1. The van der Waals surface area contributed by atoms with E-state index >= 15 is 0 Å². The fourth-order valence-corrected chi connectivity index (χ4v) is 3.97. The summed E-state index contributed by atoms with van der Waals surface area (Å²) in [5.74, 6) is -1.26. The number of fused-ring (bicyclic) bond motifs is 3. The van der Waals surface area contributed by atoms with Gasteiger partial charge in [0, 0.05) is 12.3 Å².